The van der Waals surface area contributed by atoms with Crippen LogP contribution in [-0.2, 0) is 27.3 Å². The topological polar surface area (TPSA) is 85.5 Å². The zero-order valence-electron chi connectivity index (χ0n) is 18.7. The fourth-order valence-corrected chi connectivity index (χ4v) is 5.86. The van der Waals surface area contributed by atoms with E-state index >= 15 is 0 Å². The van der Waals surface area contributed by atoms with Gasteiger partial charge in [0.15, 0.2) is 0 Å². The lowest BCUT2D eigenvalue weighted by atomic mass is 9.81. The molecule has 1 aliphatic carbocycles. The monoisotopic (exact) mass is 437 g/mol. The van der Waals surface area contributed by atoms with Gasteiger partial charge in [-0.3, -0.25) is 9.78 Å². The number of hydrogen-bond acceptors (Lipinski definition) is 5. The van der Waals surface area contributed by atoms with Gasteiger partial charge in [-0.1, -0.05) is 6.92 Å². The third kappa shape index (κ3) is 2.87. The zero-order chi connectivity index (χ0) is 22.7. The number of aromatic nitrogens is 1. The third-order valence-electron chi connectivity index (χ3n) is 7.53. The number of pyridine rings is 1. The summed E-state index contributed by atoms with van der Waals surface area (Å²) in [6.45, 7) is 4.35. The molecule has 3 heterocycles. The molecule has 3 atom stereocenters. The number of carbonyl (C=O) groups excluding carboxylic acids is 2. The molecule has 5 rings (SSSR count). The highest BCUT2D eigenvalue weighted by Crippen LogP contribution is 2.49. The first-order valence-electron chi connectivity index (χ1n) is 11.3. The number of fused-ring (bicyclic) bond motifs is 4. The maximum atomic E-state index is 14.7. The van der Waals surface area contributed by atoms with Crippen molar-refractivity contribution in [3.8, 4) is 0 Å². The minimum atomic E-state index is -0.330. The molecule has 0 bridgehead atoms. The van der Waals surface area contributed by atoms with Crippen LogP contribution in [0.25, 0.3) is 10.9 Å². The first-order valence-corrected chi connectivity index (χ1v) is 11.3. The molecule has 0 saturated carbocycles. The number of halogens is 1. The van der Waals surface area contributed by atoms with Crippen molar-refractivity contribution in [1.82, 2.24) is 9.88 Å². The molecule has 1 amide bonds. The highest BCUT2D eigenvalue weighted by atomic mass is 19.1. The van der Waals surface area contributed by atoms with Crippen molar-refractivity contribution < 1.29 is 18.7 Å². The van der Waals surface area contributed by atoms with Crippen molar-refractivity contribution in [2.45, 2.75) is 58.2 Å². The molecule has 2 aliphatic heterocycles. The first-order chi connectivity index (χ1) is 15.4. The fraction of sp³-hybridized carbons (Fsp3) is 0.480. The van der Waals surface area contributed by atoms with Gasteiger partial charge < -0.3 is 20.2 Å². The quantitative estimate of drug-likeness (QED) is 0.723. The van der Waals surface area contributed by atoms with Crippen LogP contribution in [0.1, 0.15) is 66.2 Å². The van der Waals surface area contributed by atoms with E-state index in [1.54, 1.807) is 7.11 Å². The van der Waals surface area contributed by atoms with Crippen molar-refractivity contribution >= 4 is 23.1 Å². The van der Waals surface area contributed by atoms with Gasteiger partial charge >= 0.3 is 0 Å². The minimum absolute atomic E-state index is 0.111. The van der Waals surface area contributed by atoms with Gasteiger partial charge in [-0.25, -0.2) is 4.39 Å². The predicted octanol–water partition coefficient (Wildman–Crippen LogP) is 3.58. The second-order valence-electron chi connectivity index (χ2n) is 9.13. The molecule has 3 unspecified atom stereocenters. The number of aldehydes is 1. The van der Waals surface area contributed by atoms with Crippen molar-refractivity contribution in [2.75, 3.05) is 13.7 Å². The Hall–Kier alpha value is -2.64. The standard InChI is InChI=1S/C25H28FN3O3/c1-4-13(10-30)15-7-21-24-16(9-29(21)25(31)17(15)11-32-3)22-19(27)6-5-14-12(2)18(26)8-20(28-24)23(14)22/h8,10,13,19,21H,4-7,9,11,27H2,1-3H3. The molecule has 7 heteroatoms. The Morgan fingerprint density at radius 1 is 1.41 bits per heavy atom. The van der Waals surface area contributed by atoms with Crippen LogP contribution in [0.2, 0.25) is 0 Å². The van der Waals surface area contributed by atoms with E-state index in [2.05, 4.69) is 0 Å². The molecule has 3 aliphatic rings. The number of aryl methyl sites for hydroxylation is 1. The molecule has 0 saturated heterocycles. The second-order valence-corrected chi connectivity index (χ2v) is 9.13. The molecule has 0 spiro atoms. The maximum absolute atomic E-state index is 14.7. The molecule has 32 heavy (non-hydrogen) atoms. The number of methoxy groups -OCH3 is 1. The molecular formula is C25H28FN3O3. The highest BCUT2D eigenvalue weighted by molar-refractivity contribution is 5.98. The number of rotatable bonds is 5. The van der Waals surface area contributed by atoms with Crippen LogP contribution < -0.4 is 5.73 Å². The van der Waals surface area contributed by atoms with Crippen LogP contribution in [0.3, 0.4) is 0 Å². The number of ether oxygens (including phenoxy) is 1. The van der Waals surface area contributed by atoms with Crippen LogP contribution >= 0.6 is 0 Å². The van der Waals surface area contributed by atoms with Gasteiger partial charge in [-0.2, -0.15) is 0 Å². The van der Waals surface area contributed by atoms with E-state index in [9.17, 15) is 14.0 Å². The van der Waals surface area contributed by atoms with E-state index in [1.165, 1.54) is 6.07 Å². The van der Waals surface area contributed by atoms with Crippen LogP contribution in [-0.4, -0.2) is 35.8 Å². The average molecular weight is 438 g/mol. The van der Waals surface area contributed by atoms with Crippen molar-refractivity contribution in [1.29, 1.82) is 0 Å². The number of benzene rings is 1. The van der Waals surface area contributed by atoms with Crippen molar-refractivity contribution in [3.05, 3.63) is 51.0 Å². The summed E-state index contributed by atoms with van der Waals surface area (Å²) in [6.07, 6.45) is 3.53. The van der Waals surface area contributed by atoms with E-state index in [0.717, 1.165) is 52.5 Å². The summed E-state index contributed by atoms with van der Waals surface area (Å²) in [7, 11) is 1.56. The number of nitrogens with zero attached hydrogens (tertiary/aromatic N) is 2. The molecular weight excluding hydrogens is 409 g/mol. The Balaban J connectivity index is 1.71. The fourth-order valence-electron chi connectivity index (χ4n) is 5.86. The zero-order valence-corrected chi connectivity index (χ0v) is 18.7. The highest BCUT2D eigenvalue weighted by Gasteiger charge is 2.44. The van der Waals surface area contributed by atoms with Gasteiger partial charge in [-0.05, 0) is 54.9 Å². The van der Waals surface area contributed by atoms with E-state index in [-0.39, 0.29) is 36.3 Å². The van der Waals surface area contributed by atoms with Gasteiger partial charge in [0.05, 0.1) is 23.9 Å². The molecule has 2 N–H and O–H groups in total. The Kier molecular flexibility index (Phi) is 5.13. The van der Waals surface area contributed by atoms with Crippen LogP contribution in [0.5, 0.6) is 0 Å². The summed E-state index contributed by atoms with van der Waals surface area (Å²) >= 11 is 0. The van der Waals surface area contributed by atoms with Gasteiger partial charge in [0.25, 0.3) is 5.91 Å². The maximum Gasteiger partial charge on any atom is 0.252 e. The minimum Gasteiger partial charge on any atom is -0.380 e. The van der Waals surface area contributed by atoms with Crippen LogP contribution in [0.4, 0.5) is 4.39 Å². The van der Waals surface area contributed by atoms with Gasteiger partial charge in [0, 0.05) is 48.2 Å². The molecule has 0 radical (unpaired) electrons. The average Bonchev–Trinajstić information content (AvgIpc) is 3.14. The van der Waals surface area contributed by atoms with E-state index in [4.69, 9.17) is 15.5 Å². The number of amides is 1. The SMILES string of the molecule is CCC(C=O)C1=C(COC)C(=O)N2Cc3c(nc4cc(F)c(C)c5c4c3C(N)CC5)C2C1. The predicted molar refractivity (Wildman–Crippen MR) is 118 cm³/mol. The molecule has 0 fully saturated rings. The Morgan fingerprint density at radius 2 is 2.19 bits per heavy atom. The van der Waals surface area contributed by atoms with Gasteiger partial charge in [-0.15, -0.1) is 0 Å². The third-order valence-corrected chi connectivity index (χ3v) is 7.53. The van der Waals surface area contributed by atoms with E-state index in [0.29, 0.717) is 36.0 Å². The summed E-state index contributed by atoms with van der Waals surface area (Å²) in [5.74, 6) is -0.700. The normalized spacial score (nSPS) is 22.9. The second kappa shape index (κ2) is 7.74. The Morgan fingerprint density at radius 3 is 2.88 bits per heavy atom. The number of nitrogens with two attached hydrogens (primary N) is 1. The largest absolute Gasteiger partial charge is 0.380 e. The van der Waals surface area contributed by atoms with E-state index < -0.39 is 0 Å². The van der Waals surface area contributed by atoms with E-state index in [1.807, 2.05) is 18.7 Å². The smallest absolute Gasteiger partial charge is 0.252 e. The van der Waals surface area contributed by atoms with Gasteiger partial charge in [0.2, 0.25) is 0 Å². The lowest BCUT2D eigenvalue weighted by Crippen LogP contribution is -2.38. The molecule has 168 valence electrons. The summed E-state index contributed by atoms with van der Waals surface area (Å²) in [6, 6.07) is 1.05. The Labute approximate surface area is 186 Å². The van der Waals surface area contributed by atoms with Crippen molar-refractivity contribution in [2.24, 2.45) is 11.7 Å². The van der Waals surface area contributed by atoms with Crippen LogP contribution in [0.15, 0.2) is 17.2 Å². The summed E-state index contributed by atoms with van der Waals surface area (Å²) in [5, 5.41) is 0.957. The summed E-state index contributed by atoms with van der Waals surface area (Å²) in [5.41, 5.74) is 13.0. The lowest BCUT2D eigenvalue weighted by Gasteiger charge is -2.34. The Bertz CT molecular complexity index is 1190. The molecule has 1 aromatic carbocycles. The number of carbonyl (C=O) groups is 2. The first kappa shape index (κ1) is 21.2. The van der Waals surface area contributed by atoms with Gasteiger partial charge in [0.1, 0.15) is 12.1 Å². The molecule has 6 nitrogen and oxygen atoms in total. The molecule has 2 aromatic rings. The summed E-state index contributed by atoms with van der Waals surface area (Å²) in [4.78, 5) is 32.0. The lowest BCUT2D eigenvalue weighted by molar-refractivity contribution is -0.131. The molecule has 1 aromatic heterocycles. The van der Waals surface area contributed by atoms with Crippen LogP contribution in [0, 0.1) is 18.7 Å². The summed E-state index contributed by atoms with van der Waals surface area (Å²) < 4.78 is 20.0. The number of hydrogen-bond donors (Lipinski definition) is 1. The van der Waals surface area contributed by atoms with Crippen molar-refractivity contribution in [3.63, 3.8) is 0 Å².